The number of carbonyl (C=O) groups excluding carboxylic acids is 1. The molecule has 1 saturated heterocycles. The predicted molar refractivity (Wildman–Crippen MR) is 134 cm³/mol. The highest BCUT2D eigenvalue weighted by Crippen LogP contribution is 2.38. The van der Waals surface area contributed by atoms with E-state index in [0.29, 0.717) is 25.0 Å². The number of rotatable bonds is 5. The third-order valence-corrected chi connectivity index (χ3v) is 6.64. The van der Waals surface area contributed by atoms with Crippen molar-refractivity contribution in [2.75, 3.05) is 4.90 Å². The number of nitrogens with zero attached hydrogens (tertiary/aromatic N) is 1. The zero-order chi connectivity index (χ0) is 22.0. The molecule has 0 saturated carbocycles. The zero-order valence-corrected chi connectivity index (χ0v) is 19.6. The number of para-hydroxylation sites is 2. The fourth-order valence-corrected chi connectivity index (χ4v) is 4.90. The molecule has 0 radical (unpaired) electrons. The molecule has 0 unspecified atom stereocenters. The van der Waals surface area contributed by atoms with E-state index in [9.17, 15) is 4.79 Å². The second-order valence-electron chi connectivity index (χ2n) is 6.87. The standard InChI is InChI=1S/C24H17Cl2NO2S2/c1-15-6-2-4-8-20(15)27-23(28)22(31-24(27)30)12-16-7-3-5-9-21(16)29-14-17-10-11-18(25)13-19(17)26/h2-13H,14H2,1H3/b22-12-. The lowest BCUT2D eigenvalue weighted by molar-refractivity contribution is -0.113. The molecule has 4 rings (SSSR count). The van der Waals surface area contributed by atoms with Gasteiger partial charge in [0, 0.05) is 21.2 Å². The number of ether oxygens (including phenoxy) is 1. The molecule has 0 aromatic heterocycles. The minimum Gasteiger partial charge on any atom is -0.488 e. The van der Waals surface area contributed by atoms with Gasteiger partial charge in [-0.05, 0) is 42.8 Å². The van der Waals surface area contributed by atoms with Gasteiger partial charge < -0.3 is 4.74 Å². The van der Waals surface area contributed by atoms with Gasteiger partial charge >= 0.3 is 0 Å². The summed E-state index contributed by atoms with van der Waals surface area (Å²) in [5.41, 5.74) is 3.41. The van der Waals surface area contributed by atoms with Crippen molar-refractivity contribution in [3.05, 3.63) is 98.4 Å². The number of thioether (sulfide) groups is 1. The maximum atomic E-state index is 13.1. The van der Waals surface area contributed by atoms with Gasteiger partial charge in [-0.15, -0.1) is 0 Å². The Balaban J connectivity index is 1.59. The van der Waals surface area contributed by atoms with Crippen LogP contribution in [0.5, 0.6) is 5.75 Å². The van der Waals surface area contributed by atoms with Crippen molar-refractivity contribution in [1.82, 2.24) is 0 Å². The van der Waals surface area contributed by atoms with E-state index in [0.717, 1.165) is 22.4 Å². The molecule has 3 nitrogen and oxygen atoms in total. The van der Waals surface area contributed by atoms with Gasteiger partial charge in [0.1, 0.15) is 12.4 Å². The highest BCUT2D eigenvalue weighted by atomic mass is 35.5. The van der Waals surface area contributed by atoms with Gasteiger partial charge in [-0.2, -0.15) is 0 Å². The molecule has 1 fully saturated rings. The van der Waals surface area contributed by atoms with Crippen LogP contribution in [0.1, 0.15) is 16.7 Å². The van der Waals surface area contributed by atoms with Crippen LogP contribution in [0.25, 0.3) is 6.08 Å². The van der Waals surface area contributed by atoms with Crippen molar-refractivity contribution in [3.63, 3.8) is 0 Å². The molecule has 0 N–H and O–H groups in total. The van der Waals surface area contributed by atoms with E-state index in [-0.39, 0.29) is 12.5 Å². The van der Waals surface area contributed by atoms with Gasteiger partial charge in [-0.1, -0.05) is 89.6 Å². The number of benzene rings is 3. The quantitative estimate of drug-likeness (QED) is 0.280. The van der Waals surface area contributed by atoms with Crippen LogP contribution < -0.4 is 9.64 Å². The van der Waals surface area contributed by atoms with Crippen LogP contribution >= 0.6 is 47.2 Å². The second kappa shape index (κ2) is 9.45. The van der Waals surface area contributed by atoms with Gasteiger partial charge in [0.25, 0.3) is 5.91 Å². The van der Waals surface area contributed by atoms with Crippen molar-refractivity contribution in [2.45, 2.75) is 13.5 Å². The lowest BCUT2D eigenvalue weighted by atomic mass is 10.1. The van der Waals surface area contributed by atoms with Crippen molar-refractivity contribution < 1.29 is 9.53 Å². The van der Waals surface area contributed by atoms with Crippen LogP contribution in [0.4, 0.5) is 5.69 Å². The molecule has 1 aliphatic rings. The van der Waals surface area contributed by atoms with E-state index in [4.69, 9.17) is 40.2 Å². The molecule has 7 heteroatoms. The average Bonchev–Trinajstić information content (AvgIpc) is 3.02. The summed E-state index contributed by atoms with van der Waals surface area (Å²) < 4.78 is 6.52. The number of aryl methyl sites for hydroxylation is 1. The molecule has 156 valence electrons. The Hall–Kier alpha value is -2.31. The van der Waals surface area contributed by atoms with Crippen molar-refractivity contribution in [2.24, 2.45) is 0 Å². The molecule has 1 amide bonds. The fourth-order valence-electron chi connectivity index (χ4n) is 3.16. The minimum absolute atomic E-state index is 0.139. The SMILES string of the molecule is Cc1ccccc1N1C(=O)/C(=C/c2ccccc2OCc2ccc(Cl)cc2Cl)SC1=S. The molecule has 0 bridgehead atoms. The van der Waals surface area contributed by atoms with Crippen LogP contribution in [0.15, 0.2) is 71.6 Å². The fraction of sp³-hybridized carbons (Fsp3) is 0.0833. The molecular weight excluding hydrogens is 469 g/mol. The summed E-state index contributed by atoms with van der Waals surface area (Å²) >= 11 is 19.0. The third kappa shape index (κ3) is 4.80. The highest BCUT2D eigenvalue weighted by Gasteiger charge is 2.34. The third-order valence-electron chi connectivity index (χ3n) is 4.75. The van der Waals surface area contributed by atoms with E-state index >= 15 is 0 Å². The summed E-state index contributed by atoms with van der Waals surface area (Å²) in [7, 11) is 0. The summed E-state index contributed by atoms with van der Waals surface area (Å²) in [6, 6.07) is 20.5. The number of amides is 1. The molecule has 3 aromatic carbocycles. The lowest BCUT2D eigenvalue weighted by Crippen LogP contribution is -2.28. The molecule has 31 heavy (non-hydrogen) atoms. The van der Waals surface area contributed by atoms with Crippen LogP contribution in [0, 0.1) is 6.92 Å². The van der Waals surface area contributed by atoms with E-state index in [2.05, 4.69) is 0 Å². The minimum atomic E-state index is -0.139. The lowest BCUT2D eigenvalue weighted by Gasteiger charge is -2.16. The Bertz CT molecular complexity index is 1210. The first-order chi connectivity index (χ1) is 14.9. The van der Waals surface area contributed by atoms with Crippen LogP contribution in [-0.2, 0) is 11.4 Å². The maximum absolute atomic E-state index is 13.1. The number of carbonyl (C=O) groups is 1. The topological polar surface area (TPSA) is 29.5 Å². The largest absolute Gasteiger partial charge is 0.488 e. The first-order valence-corrected chi connectivity index (χ1v) is 11.4. The van der Waals surface area contributed by atoms with E-state index < -0.39 is 0 Å². The summed E-state index contributed by atoms with van der Waals surface area (Å²) in [6.45, 7) is 2.24. The molecular formula is C24H17Cl2NO2S2. The van der Waals surface area contributed by atoms with Gasteiger partial charge in [-0.3, -0.25) is 9.69 Å². The number of thiocarbonyl (C=S) groups is 1. The summed E-state index contributed by atoms with van der Waals surface area (Å²) in [6.07, 6.45) is 1.82. The Morgan fingerprint density at radius 2 is 1.81 bits per heavy atom. The summed E-state index contributed by atoms with van der Waals surface area (Å²) in [4.78, 5) is 15.3. The number of hydrogen-bond acceptors (Lipinski definition) is 4. The van der Waals surface area contributed by atoms with Gasteiger partial charge in [0.05, 0.1) is 10.6 Å². The monoisotopic (exact) mass is 485 g/mol. The van der Waals surface area contributed by atoms with E-state index in [1.807, 2.05) is 67.6 Å². The average molecular weight is 486 g/mol. The molecule has 0 spiro atoms. The Kier molecular flexibility index (Phi) is 6.68. The highest BCUT2D eigenvalue weighted by molar-refractivity contribution is 8.27. The van der Waals surface area contributed by atoms with E-state index in [1.54, 1.807) is 17.0 Å². The first kappa shape index (κ1) is 21.9. The Labute approximate surface area is 200 Å². The molecule has 1 aliphatic heterocycles. The van der Waals surface area contributed by atoms with Crippen molar-refractivity contribution in [1.29, 1.82) is 0 Å². The second-order valence-corrected chi connectivity index (χ2v) is 9.39. The van der Waals surface area contributed by atoms with Gasteiger partial charge in [0.2, 0.25) is 0 Å². The van der Waals surface area contributed by atoms with Crippen LogP contribution in [-0.4, -0.2) is 10.2 Å². The first-order valence-electron chi connectivity index (χ1n) is 9.43. The predicted octanol–water partition coefficient (Wildman–Crippen LogP) is 7.29. The van der Waals surface area contributed by atoms with Crippen LogP contribution in [0.2, 0.25) is 10.0 Å². The zero-order valence-electron chi connectivity index (χ0n) is 16.5. The summed E-state index contributed by atoms with van der Waals surface area (Å²) in [5, 5.41) is 1.12. The van der Waals surface area contributed by atoms with Crippen molar-refractivity contribution >= 4 is 69.2 Å². The number of hydrogen-bond donors (Lipinski definition) is 0. The Morgan fingerprint density at radius 1 is 1.06 bits per heavy atom. The maximum Gasteiger partial charge on any atom is 0.270 e. The van der Waals surface area contributed by atoms with Crippen molar-refractivity contribution in [3.8, 4) is 5.75 Å². The molecule has 0 aliphatic carbocycles. The van der Waals surface area contributed by atoms with Gasteiger partial charge in [0.15, 0.2) is 4.32 Å². The van der Waals surface area contributed by atoms with Crippen LogP contribution in [0.3, 0.4) is 0 Å². The van der Waals surface area contributed by atoms with Gasteiger partial charge in [-0.25, -0.2) is 0 Å². The molecule has 3 aromatic rings. The smallest absolute Gasteiger partial charge is 0.270 e. The Morgan fingerprint density at radius 3 is 2.58 bits per heavy atom. The molecule has 1 heterocycles. The summed E-state index contributed by atoms with van der Waals surface area (Å²) in [5.74, 6) is 0.509. The normalized spacial score (nSPS) is 15.1. The molecule has 0 atom stereocenters. The van der Waals surface area contributed by atoms with E-state index in [1.165, 1.54) is 11.8 Å². The number of anilines is 1. The number of halogens is 2.